The number of fused-ring (bicyclic) bond motifs is 1. The molecule has 0 amide bonds. The maximum absolute atomic E-state index is 6.35. The Labute approximate surface area is 118 Å². The van der Waals surface area contributed by atoms with Crippen LogP contribution >= 0.6 is 11.3 Å². The predicted molar refractivity (Wildman–Crippen MR) is 80.7 cm³/mol. The molecule has 0 saturated carbocycles. The summed E-state index contributed by atoms with van der Waals surface area (Å²) in [5, 5.41) is 1.07. The average Bonchev–Trinajstić information content (AvgIpc) is 2.98. The largest absolute Gasteiger partial charge is 0.318 e. The van der Waals surface area contributed by atoms with E-state index in [1.54, 1.807) is 11.3 Å². The van der Waals surface area contributed by atoms with Gasteiger partial charge in [-0.05, 0) is 36.3 Å². The quantitative estimate of drug-likeness (QED) is 0.923. The predicted octanol–water partition coefficient (Wildman–Crippen LogP) is 3.80. The molecule has 100 valence electrons. The second kappa shape index (κ2) is 5.06. The van der Waals surface area contributed by atoms with Gasteiger partial charge in [0, 0.05) is 4.88 Å². The molecule has 1 unspecified atom stereocenters. The topological polar surface area (TPSA) is 38.9 Å². The van der Waals surface area contributed by atoms with Crippen molar-refractivity contribution in [1.29, 1.82) is 0 Å². The van der Waals surface area contributed by atoms with Gasteiger partial charge in [-0.3, -0.25) is 0 Å². The van der Waals surface area contributed by atoms with Crippen molar-refractivity contribution >= 4 is 11.3 Å². The first kappa shape index (κ1) is 12.8. The number of hydrogen-bond donors (Lipinski definition) is 1. The second-order valence-corrected chi connectivity index (χ2v) is 6.69. The first-order valence-electron chi connectivity index (χ1n) is 6.99. The smallest absolute Gasteiger partial charge is 0.114 e. The van der Waals surface area contributed by atoms with E-state index in [0.29, 0.717) is 5.92 Å². The summed E-state index contributed by atoms with van der Waals surface area (Å²) in [7, 11) is 0. The van der Waals surface area contributed by atoms with Gasteiger partial charge in [0.1, 0.15) is 5.01 Å². The van der Waals surface area contributed by atoms with E-state index in [4.69, 9.17) is 10.7 Å². The van der Waals surface area contributed by atoms with E-state index in [1.807, 2.05) is 0 Å². The van der Waals surface area contributed by atoms with Crippen molar-refractivity contribution in [2.75, 3.05) is 0 Å². The van der Waals surface area contributed by atoms with Gasteiger partial charge in [-0.25, -0.2) is 4.98 Å². The highest BCUT2D eigenvalue weighted by Gasteiger charge is 2.20. The molecule has 3 rings (SSSR count). The third kappa shape index (κ3) is 2.45. The van der Waals surface area contributed by atoms with Crippen LogP contribution in [0.3, 0.4) is 0 Å². The standard InChI is InChI=1S/C16H20N2S/c1-10(2)11-6-8-12(9-7-11)15(17)16-18-13-4-3-5-14(13)19-16/h6-10,15H,3-5,17H2,1-2H3. The Morgan fingerprint density at radius 1 is 1.11 bits per heavy atom. The summed E-state index contributed by atoms with van der Waals surface area (Å²) >= 11 is 1.80. The molecule has 19 heavy (non-hydrogen) atoms. The van der Waals surface area contributed by atoms with Crippen molar-refractivity contribution in [1.82, 2.24) is 4.98 Å². The molecular formula is C16H20N2S. The molecule has 1 atom stereocenters. The molecule has 0 fully saturated rings. The molecule has 1 aliphatic rings. The SMILES string of the molecule is CC(C)c1ccc(C(N)c2nc3c(s2)CCC3)cc1. The van der Waals surface area contributed by atoms with Crippen LogP contribution in [-0.4, -0.2) is 4.98 Å². The summed E-state index contributed by atoms with van der Waals surface area (Å²) in [6.07, 6.45) is 3.57. The van der Waals surface area contributed by atoms with E-state index in [9.17, 15) is 0 Å². The van der Waals surface area contributed by atoms with Gasteiger partial charge in [0.2, 0.25) is 0 Å². The average molecular weight is 272 g/mol. The van der Waals surface area contributed by atoms with Crippen LogP contribution in [0.25, 0.3) is 0 Å². The summed E-state index contributed by atoms with van der Waals surface area (Å²) in [5.74, 6) is 0.564. The van der Waals surface area contributed by atoms with E-state index in [1.165, 1.54) is 29.0 Å². The van der Waals surface area contributed by atoms with Crippen molar-refractivity contribution < 1.29 is 0 Å². The lowest BCUT2D eigenvalue weighted by Gasteiger charge is -2.11. The Balaban J connectivity index is 1.84. The fourth-order valence-corrected chi connectivity index (χ4v) is 3.76. The van der Waals surface area contributed by atoms with Crippen molar-refractivity contribution in [2.45, 2.75) is 45.1 Å². The summed E-state index contributed by atoms with van der Waals surface area (Å²) in [6.45, 7) is 4.42. The number of nitrogens with two attached hydrogens (primary N) is 1. The Morgan fingerprint density at radius 3 is 2.42 bits per heavy atom. The van der Waals surface area contributed by atoms with Gasteiger partial charge in [-0.2, -0.15) is 0 Å². The third-order valence-corrected chi connectivity index (χ3v) is 5.08. The minimum atomic E-state index is -0.0724. The fraction of sp³-hybridized carbons (Fsp3) is 0.438. The number of thiazole rings is 1. The van der Waals surface area contributed by atoms with Crippen molar-refractivity contribution in [3.63, 3.8) is 0 Å². The fourth-order valence-electron chi connectivity index (χ4n) is 2.57. The van der Waals surface area contributed by atoms with Crippen LogP contribution in [0.5, 0.6) is 0 Å². The summed E-state index contributed by atoms with van der Waals surface area (Å²) in [4.78, 5) is 6.17. The van der Waals surface area contributed by atoms with Gasteiger partial charge in [0.05, 0.1) is 11.7 Å². The van der Waals surface area contributed by atoms with E-state index < -0.39 is 0 Å². The monoisotopic (exact) mass is 272 g/mol. The second-order valence-electron chi connectivity index (χ2n) is 5.57. The highest BCUT2D eigenvalue weighted by atomic mass is 32.1. The number of aromatic nitrogens is 1. The van der Waals surface area contributed by atoms with Crippen LogP contribution < -0.4 is 5.73 Å². The molecule has 1 heterocycles. The lowest BCUT2D eigenvalue weighted by atomic mass is 9.99. The molecule has 2 nitrogen and oxygen atoms in total. The Bertz CT molecular complexity index is 547. The molecule has 0 bridgehead atoms. The van der Waals surface area contributed by atoms with Crippen molar-refractivity contribution in [3.05, 3.63) is 51.0 Å². The number of rotatable bonds is 3. The molecule has 0 aliphatic heterocycles. The summed E-state index contributed by atoms with van der Waals surface area (Å²) in [5.41, 5.74) is 10.2. The lowest BCUT2D eigenvalue weighted by Crippen LogP contribution is -2.11. The molecule has 1 aromatic heterocycles. The van der Waals surface area contributed by atoms with Gasteiger partial charge >= 0.3 is 0 Å². The highest BCUT2D eigenvalue weighted by Crippen LogP contribution is 2.32. The summed E-state index contributed by atoms with van der Waals surface area (Å²) < 4.78 is 0. The van der Waals surface area contributed by atoms with Crippen LogP contribution in [0, 0.1) is 0 Å². The van der Waals surface area contributed by atoms with Crippen LogP contribution in [0.1, 0.15) is 58.9 Å². The zero-order valence-electron chi connectivity index (χ0n) is 11.5. The van der Waals surface area contributed by atoms with Crippen molar-refractivity contribution in [2.24, 2.45) is 5.73 Å². The molecule has 0 spiro atoms. The maximum Gasteiger partial charge on any atom is 0.114 e. The molecule has 2 aromatic rings. The van der Waals surface area contributed by atoms with Gasteiger partial charge in [0.25, 0.3) is 0 Å². The molecule has 3 heteroatoms. The highest BCUT2D eigenvalue weighted by molar-refractivity contribution is 7.11. The van der Waals surface area contributed by atoms with Crippen molar-refractivity contribution in [3.8, 4) is 0 Å². The van der Waals surface area contributed by atoms with E-state index in [0.717, 1.165) is 17.0 Å². The van der Waals surface area contributed by atoms with Gasteiger partial charge < -0.3 is 5.73 Å². The first-order chi connectivity index (χ1) is 9.15. The lowest BCUT2D eigenvalue weighted by molar-refractivity contribution is 0.826. The minimum Gasteiger partial charge on any atom is -0.318 e. The minimum absolute atomic E-state index is 0.0724. The number of benzene rings is 1. The Hall–Kier alpha value is -1.19. The Kier molecular flexibility index (Phi) is 3.42. The zero-order valence-corrected chi connectivity index (χ0v) is 12.3. The third-order valence-electron chi connectivity index (χ3n) is 3.84. The number of aryl methyl sites for hydroxylation is 2. The van der Waals surface area contributed by atoms with Crippen LogP contribution in [0.15, 0.2) is 24.3 Å². The molecule has 2 N–H and O–H groups in total. The van der Waals surface area contributed by atoms with Crippen LogP contribution in [-0.2, 0) is 12.8 Å². The van der Waals surface area contributed by atoms with Gasteiger partial charge in [-0.15, -0.1) is 11.3 Å². The Morgan fingerprint density at radius 2 is 1.79 bits per heavy atom. The molecular weight excluding hydrogens is 252 g/mol. The van der Waals surface area contributed by atoms with E-state index in [-0.39, 0.29) is 6.04 Å². The molecule has 0 saturated heterocycles. The van der Waals surface area contributed by atoms with Gasteiger partial charge in [0.15, 0.2) is 0 Å². The number of hydrogen-bond acceptors (Lipinski definition) is 3. The molecule has 0 radical (unpaired) electrons. The van der Waals surface area contributed by atoms with Crippen LogP contribution in [0.2, 0.25) is 0 Å². The van der Waals surface area contributed by atoms with Crippen LogP contribution in [0.4, 0.5) is 0 Å². The maximum atomic E-state index is 6.35. The summed E-state index contributed by atoms with van der Waals surface area (Å²) in [6, 6.07) is 8.58. The van der Waals surface area contributed by atoms with E-state index >= 15 is 0 Å². The molecule has 1 aromatic carbocycles. The van der Waals surface area contributed by atoms with Gasteiger partial charge in [-0.1, -0.05) is 38.1 Å². The first-order valence-corrected chi connectivity index (χ1v) is 7.80. The molecule has 1 aliphatic carbocycles. The zero-order chi connectivity index (χ0) is 13.4. The number of nitrogens with zero attached hydrogens (tertiary/aromatic N) is 1. The normalized spacial score (nSPS) is 15.8. The van der Waals surface area contributed by atoms with E-state index in [2.05, 4.69) is 38.1 Å².